The van der Waals surface area contributed by atoms with Gasteiger partial charge in [0.15, 0.2) is 5.96 Å². The third kappa shape index (κ3) is 4.01. The lowest BCUT2D eigenvalue weighted by atomic mass is 9.94. The second-order valence-corrected chi connectivity index (χ2v) is 5.37. The van der Waals surface area contributed by atoms with E-state index in [2.05, 4.69) is 44.2 Å². The highest BCUT2D eigenvalue weighted by atomic mass is 35.5. The summed E-state index contributed by atoms with van der Waals surface area (Å²) in [5, 5.41) is 7.43. The van der Waals surface area contributed by atoms with Gasteiger partial charge in [0.2, 0.25) is 0 Å². The van der Waals surface area contributed by atoms with Crippen LogP contribution in [-0.2, 0) is 0 Å². The highest BCUT2D eigenvalue weighted by molar-refractivity contribution is 5.85. The van der Waals surface area contributed by atoms with Gasteiger partial charge >= 0.3 is 0 Å². The monoisotopic (exact) mass is 293 g/mol. The summed E-state index contributed by atoms with van der Waals surface area (Å²) >= 11 is 0. The number of nitrogens with one attached hydrogen (secondary N) is 1. The topological polar surface area (TPSA) is 53.1 Å². The second-order valence-electron chi connectivity index (χ2n) is 5.37. The minimum absolute atomic E-state index is 0. The summed E-state index contributed by atoms with van der Waals surface area (Å²) in [6, 6.07) is 6.42. The highest BCUT2D eigenvalue weighted by Crippen LogP contribution is 2.21. The Morgan fingerprint density at radius 2 is 1.80 bits per heavy atom. The van der Waals surface area contributed by atoms with Crippen LogP contribution in [0.3, 0.4) is 0 Å². The maximum Gasteiger partial charge on any atom is 0.188 e. The molecule has 1 aromatic carbocycles. The van der Waals surface area contributed by atoms with E-state index in [1.165, 1.54) is 16.7 Å². The van der Waals surface area contributed by atoms with Crippen LogP contribution in [0.15, 0.2) is 24.3 Å². The third-order valence-corrected chi connectivity index (χ3v) is 3.96. The minimum Gasteiger partial charge on any atom is -0.370 e. The van der Waals surface area contributed by atoms with Crippen molar-refractivity contribution in [3.8, 4) is 0 Å². The highest BCUT2D eigenvalue weighted by Gasteiger charge is 2.17. The maximum atomic E-state index is 7.43. The van der Waals surface area contributed by atoms with Gasteiger partial charge in [-0.2, -0.15) is 0 Å². The summed E-state index contributed by atoms with van der Waals surface area (Å²) < 4.78 is 0. The number of likely N-dealkylation sites (tertiary alicyclic amines) is 1. The van der Waals surface area contributed by atoms with E-state index >= 15 is 0 Å². The van der Waals surface area contributed by atoms with E-state index in [0.717, 1.165) is 25.9 Å². The normalized spacial score (nSPS) is 16.2. The lowest BCUT2D eigenvalue weighted by molar-refractivity contribution is 0.295. The molecule has 2 rings (SSSR count). The molecule has 0 unspecified atom stereocenters. The molecular formula is C16H24ClN3. The first kappa shape index (κ1) is 16.6. The zero-order chi connectivity index (χ0) is 13.8. The molecular weight excluding hydrogens is 270 g/mol. The first-order valence-corrected chi connectivity index (χ1v) is 6.91. The van der Waals surface area contributed by atoms with Crippen LogP contribution in [0.1, 0.15) is 29.5 Å². The molecule has 0 bridgehead atoms. The van der Waals surface area contributed by atoms with Crippen molar-refractivity contribution in [1.29, 1.82) is 5.41 Å². The molecule has 1 fully saturated rings. The molecule has 20 heavy (non-hydrogen) atoms. The molecule has 0 aliphatic carbocycles. The molecule has 3 N–H and O–H groups in total. The molecule has 1 heterocycles. The number of hydrogen-bond acceptors (Lipinski definition) is 1. The van der Waals surface area contributed by atoms with Crippen LogP contribution in [0.25, 0.3) is 6.08 Å². The van der Waals surface area contributed by atoms with Crippen LogP contribution in [0.4, 0.5) is 0 Å². The van der Waals surface area contributed by atoms with Crippen molar-refractivity contribution in [3.05, 3.63) is 41.0 Å². The maximum absolute atomic E-state index is 7.43. The lowest BCUT2D eigenvalue weighted by Gasteiger charge is -2.30. The average molecular weight is 294 g/mol. The van der Waals surface area contributed by atoms with Gasteiger partial charge < -0.3 is 10.6 Å². The van der Waals surface area contributed by atoms with E-state index < -0.39 is 0 Å². The molecule has 0 amide bonds. The standard InChI is InChI=1S/C16H23N3.ClH/c1-12-4-3-5-13(2)15(12)7-6-14-8-10-19(11-9-14)16(17)18;/h3-7,14H,8-11H2,1-2H3,(H3,17,18);1H. The van der Waals surface area contributed by atoms with Crippen molar-refractivity contribution < 1.29 is 0 Å². The number of benzene rings is 1. The molecule has 3 nitrogen and oxygen atoms in total. The summed E-state index contributed by atoms with van der Waals surface area (Å²) in [4.78, 5) is 1.95. The predicted octanol–water partition coefficient (Wildman–Crippen LogP) is 3.34. The number of piperidine rings is 1. The molecule has 1 aliphatic rings. The Bertz CT molecular complexity index is 468. The van der Waals surface area contributed by atoms with Crippen molar-refractivity contribution >= 4 is 24.4 Å². The summed E-state index contributed by atoms with van der Waals surface area (Å²) in [6.45, 7) is 6.12. The Kier molecular flexibility index (Phi) is 6.08. The van der Waals surface area contributed by atoms with Crippen molar-refractivity contribution in [2.75, 3.05) is 13.1 Å². The molecule has 1 aliphatic heterocycles. The number of aryl methyl sites for hydroxylation is 2. The Balaban J connectivity index is 0.00000200. The summed E-state index contributed by atoms with van der Waals surface area (Å²) in [6.07, 6.45) is 6.76. The fourth-order valence-corrected chi connectivity index (χ4v) is 2.66. The van der Waals surface area contributed by atoms with E-state index in [1.807, 2.05) is 4.90 Å². The zero-order valence-corrected chi connectivity index (χ0v) is 13.0. The van der Waals surface area contributed by atoms with E-state index in [4.69, 9.17) is 11.1 Å². The number of allylic oxidation sites excluding steroid dienone is 1. The molecule has 4 heteroatoms. The molecule has 0 saturated carbocycles. The van der Waals surface area contributed by atoms with E-state index in [1.54, 1.807) is 0 Å². The number of nitrogens with two attached hydrogens (primary N) is 1. The number of rotatable bonds is 2. The molecule has 110 valence electrons. The average Bonchev–Trinajstić information content (AvgIpc) is 2.38. The number of guanidine groups is 1. The zero-order valence-electron chi connectivity index (χ0n) is 12.2. The van der Waals surface area contributed by atoms with Gasteiger partial charge in [0.25, 0.3) is 0 Å². The Hall–Kier alpha value is -1.48. The van der Waals surface area contributed by atoms with E-state index in [-0.39, 0.29) is 18.4 Å². The van der Waals surface area contributed by atoms with E-state index in [9.17, 15) is 0 Å². The van der Waals surface area contributed by atoms with Crippen LogP contribution in [-0.4, -0.2) is 23.9 Å². The Morgan fingerprint density at radius 3 is 2.30 bits per heavy atom. The molecule has 0 spiro atoms. The number of nitrogens with zero attached hydrogens (tertiary/aromatic N) is 1. The number of hydrogen-bond donors (Lipinski definition) is 2. The van der Waals surface area contributed by atoms with Crippen LogP contribution >= 0.6 is 12.4 Å². The summed E-state index contributed by atoms with van der Waals surface area (Å²) in [5.74, 6) is 0.812. The summed E-state index contributed by atoms with van der Waals surface area (Å²) in [7, 11) is 0. The first-order chi connectivity index (χ1) is 9.08. The molecule has 0 radical (unpaired) electrons. The molecule has 0 atom stereocenters. The van der Waals surface area contributed by atoms with Crippen LogP contribution in [0.2, 0.25) is 0 Å². The van der Waals surface area contributed by atoms with E-state index in [0.29, 0.717) is 5.92 Å². The largest absolute Gasteiger partial charge is 0.370 e. The van der Waals surface area contributed by atoms with Crippen molar-refractivity contribution in [1.82, 2.24) is 4.90 Å². The Labute approximate surface area is 127 Å². The van der Waals surface area contributed by atoms with Crippen molar-refractivity contribution in [2.24, 2.45) is 11.7 Å². The SMILES string of the molecule is Cc1cccc(C)c1C=CC1CCN(C(=N)N)CC1.Cl. The van der Waals surface area contributed by atoms with Gasteiger partial charge in [-0.1, -0.05) is 30.4 Å². The van der Waals surface area contributed by atoms with Gasteiger partial charge in [0.05, 0.1) is 0 Å². The van der Waals surface area contributed by atoms with Crippen LogP contribution < -0.4 is 5.73 Å². The van der Waals surface area contributed by atoms with Crippen LogP contribution in [0, 0.1) is 25.2 Å². The van der Waals surface area contributed by atoms with Gasteiger partial charge in [-0.15, -0.1) is 12.4 Å². The predicted molar refractivity (Wildman–Crippen MR) is 88.4 cm³/mol. The molecule has 0 aromatic heterocycles. The van der Waals surface area contributed by atoms with Gasteiger partial charge in [0.1, 0.15) is 0 Å². The molecule has 1 saturated heterocycles. The van der Waals surface area contributed by atoms with Crippen molar-refractivity contribution in [2.45, 2.75) is 26.7 Å². The Morgan fingerprint density at radius 1 is 1.25 bits per heavy atom. The summed E-state index contributed by atoms with van der Waals surface area (Å²) in [5.41, 5.74) is 9.51. The van der Waals surface area contributed by atoms with Crippen molar-refractivity contribution in [3.63, 3.8) is 0 Å². The second kappa shape index (κ2) is 7.34. The van der Waals surface area contributed by atoms with Gasteiger partial charge in [0, 0.05) is 13.1 Å². The third-order valence-electron chi connectivity index (χ3n) is 3.96. The lowest BCUT2D eigenvalue weighted by Crippen LogP contribution is -2.41. The fraction of sp³-hybridized carbons (Fsp3) is 0.438. The minimum atomic E-state index is 0. The van der Waals surface area contributed by atoms with Crippen LogP contribution in [0.5, 0.6) is 0 Å². The smallest absolute Gasteiger partial charge is 0.188 e. The quantitative estimate of drug-likeness (QED) is 0.649. The van der Waals surface area contributed by atoms with Gasteiger partial charge in [-0.05, 0) is 49.3 Å². The van der Waals surface area contributed by atoms with Gasteiger partial charge in [-0.3, -0.25) is 5.41 Å². The first-order valence-electron chi connectivity index (χ1n) is 6.91. The fourth-order valence-electron chi connectivity index (χ4n) is 2.66. The van der Waals surface area contributed by atoms with Gasteiger partial charge in [-0.25, -0.2) is 0 Å². The molecule has 1 aromatic rings. The number of halogens is 1.